The number of nitrogens with one attached hydrogen (secondary N) is 1. The maximum absolute atomic E-state index is 10.4. The lowest BCUT2D eigenvalue weighted by Crippen LogP contribution is -2.32. The van der Waals surface area contributed by atoms with Gasteiger partial charge in [-0.25, -0.2) is 0 Å². The van der Waals surface area contributed by atoms with Crippen LogP contribution in [-0.4, -0.2) is 40.1 Å². The monoisotopic (exact) mass is 299 g/mol. The molecule has 1 fully saturated rings. The van der Waals surface area contributed by atoms with Crippen molar-refractivity contribution in [3.8, 4) is 0 Å². The molecule has 6 nitrogen and oxygen atoms in total. The van der Waals surface area contributed by atoms with Gasteiger partial charge in [-0.05, 0) is 50.5 Å². The number of rotatable bonds is 9. The Kier molecular flexibility index (Phi) is 5.61. The molecule has 21 heavy (non-hydrogen) atoms. The second kappa shape index (κ2) is 7.24. The molecule has 0 saturated heterocycles. The Morgan fingerprint density at radius 2 is 2.24 bits per heavy atom. The quantitative estimate of drug-likeness (QED) is 0.377. The highest BCUT2D eigenvalue weighted by molar-refractivity contribution is 5.66. The zero-order valence-electron chi connectivity index (χ0n) is 12.4. The maximum atomic E-state index is 10.4. The first-order valence-corrected chi connectivity index (χ1v) is 7.66. The van der Waals surface area contributed by atoms with Crippen LogP contribution in [0.3, 0.4) is 0 Å². The molecule has 0 aromatic carbocycles. The van der Waals surface area contributed by atoms with E-state index in [0.717, 1.165) is 31.4 Å². The van der Waals surface area contributed by atoms with E-state index in [0.29, 0.717) is 13.0 Å². The Bertz CT molecular complexity index is 407. The summed E-state index contributed by atoms with van der Waals surface area (Å²) in [5.41, 5.74) is 5.17. The van der Waals surface area contributed by atoms with E-state index in [2.05, 4.69) is 5.48 Å². The third kappa shape index (κ3) is 4.18. The van der Waals surface area contributed by atoms with Crippen molar-refractivity contribution in [2.45, 2.75) is 57.7 Å². The van der Waals surface area contributed by atoms with Crippen LogP contribution in [0.25, 0.3) is 0 Å². The molecule has 4 N–H and O–H groups in total. The van der Waals surface area contributed by atoms with Crippen LogP contribution in [-0.2, 0) is 9.63 Å². The van der Waals surface area contributed by atoms with Gasteiger partial charge in [0.05, 0.1) is 18.8 Å². The van der Waals surface area contributed by atoms with Gasteiger partial charge in [0.25, 0.3) is 0 Å². The lowest BCUT2D eigenvalue weighted by Gasteiger charge is -2.30. The van der Waals surface area contributed by atoms with Crippen molar-refractivity contribution in [1.29, 1.82) is 0 Å². The fourth-order valence-corrected chi connectivity index (χ4v) is 3.17. The van der Waals surface area contributed by atoms with Crippen molar-refractivity contribution in [2.75, 3.05) is 6.61 Å². The molecule has 6 heteroatoms. The van der Waals surface area contributed by atoms with Crippen molar-refractivity contribution >= 4 is 5.97 Å². The lowest BCUT2D eigenvalue weighted by atomic mass is 9.83. The van der Waals surface area contributed by atoms with Gasteiger partial charge in [0.15, 0.2) is 0 Å². The lowest BCUT2D eigenvalue weighted by molar-refractivity contribution is -0.137. The molecule has 0 radical (unpaired) electrons. The summed E-state index contributed by atoms with van der Waals surface area (Å²) in [6, 6.07) is 0. The number of fused-ring (bicyclic) bond motifs is 1. The molecule has 2 aliphatic rings. The van der Waals surface area contributed by atoms with E-state index in [4.69, 9.17) is 9.94 Å². The molecule has 2 rings (SSSR count). The zero-order valence-corrected chi connectivity index (χ0v) is 12.4. The molecule has 0 aliphatic heterocycles. The number of hydroxylamine groups is 1. The molecule has 1 saturated carbocycles. The number of carboxylic acids is 1. The number of carboxylic acid groups (broad SMARTS) is 1. The van der Waals surface area contributed by atoms with E-state index in [1.807, 2.05) is 0 Å². The first-order chi connectivity index (χ1) is 9.99. The molecular weight excluding hydrogens is 274 g/mol. The summed E-state index contributed by atoms with van der Waals surface area (Å²) in [4.78, 5) is 15.6. The molecule has 0 amide bonds. The molecule has 2 aliphatic carbocycles. The second-order valence-corrected chi connectivity index (χ2v) is 6.14. The molecule has 0 aromatic rings. The molecule has 0 heterocycles. The van der Waals surface area contributed by atoms with Crippen molar-refractivity contribution in [3.63, 3.8) is 0 Å². The summed E-state index contributed by atoms with van der Waals surface area (Å²) < 4.78 is 0. The topological polar surface area (TPSA) is 99.0 Å². The van der Waals surface area contributed by atoms with Gasteiger partial charge >= 0.3 is 5.97 Å². The van der Waals surface area contributed by atoms with E-state index in [-0.39, 0.29) is 30.5 Å². The van der Waals surface area contributed by atoms with Crippen LogP contribution in [0.5, 0.6) is 0 Å². The van der Waals surface area contributed by atoms with E-state index < -0.39 is 5.97 Å². The summed E-state index contributed by atoms with van der Waals surface area (Å²) in [7, 11) is 0. The minimum Gasteiger partial charge on any atom is -0.481 e. The van der Waals surface area contributed by atoms with E-state index in [1.54, 1.807) is 6.92 Å². The highest BCUT2D eigenvalue weighted by atomic mass is 16.6. The minimum absolute atomic E-state index is 0.107. The number of aliphatic hydroxyl groups is 2. The van der Waals surface area contributed by atoms with Gasteiger partial charge in [0.1, 0.15) is 0 Å². The van der Waals surface area contributed by atoms with Gasteiger partial charge in [0, 0.05) is 18.0 Å². The number of aliphatic carboxylic acids is 1. The number of allylic oxidation sites excluding steroid dienone is 1. The van der Waals surface area contributed by atoms with Crippen LogP contribution in [0.2, 0.25) is 0 Å². The van der Waals surface area contributed by atoms with Crippen molar-refractivity contribution in [3.05, 3.63) is 11.3 Å². The average Bonchev–Trinajstić information content (AvgIpc) is 2.63. The Morgan fingerprint density at radius 1 is 1.48 bits per heavy atom. The van der Waals surface area contributed by atoms with Crippen molar-refractivity contribution < 1.29 is 25.0 Å². The predicted octanol–water partition coefficient (Wildman–Crippen LogP) is 1.19. The Hall–Kier alpha value is -1.11. The fourth-order valence-electron chi connectivity index (χ4n) is 3.17. The van der Waals surface area contributed by atoms with Crippen LogP contribution in [0.15, 0.2) is 11.3 Å². The van der Waals surface area contributed by atoms with Gasteiger partial charge in [-0.15, -0.1) is 0 Å². The number of aliphatic hydroxyl groups excluding tert-OH is 2. The highest BCUT2D eigenvalue weighted by Gasteiger charge is 2.45. The van der Waals surface area contributed by atoms with Gasteiger partial charge < -0.3 is 15.3 Å². The van der Waals surface area contributed by atoms with Gasteiger partial charge in [0.2, 0.25) is 0 Å². The van der Waals surface area contributed by atoms with Crippen LogP contribution in [0.4, 0.5) is 0 Å². The highest BCUT2D eigenvalue weighted by Crippen LogP contribution is 2.49. The predicted molar refractivity (Wildman–Crippen MR) is 76.1 cm³/mol. The summed E-state index contributed by atoms with van der Waals surface area (Å²) in [5.74, 6) is -0.357. The van der Waals surface area contributed by atoms with Crippen LogP contribution >= 0.6 is 0 Å². The van der Waals surface area contributed by atoms with Gasteiger partial charge in [-0.2, -0.15) is 0 Å². The van der Waals surface area contributed by atoms with E-state index >= 15 is 0 Å². The average molecular weight is 299 g/mol. The van der Waals surface area contributed by atoms with Crippen LogP contribution < -0.4 is 5.48 Å². The summed E-state index contributed by atoms with van der Waals surface area (Å²) >= 11 is 0. The molecular formula is C15H25NO5. The van der Waals surface area contributed by atoms with Gasteiger partial charge in [-0.1, -0.05) is 0 Å². The third-order valence-electron chi connectivity index (χ3n) is 4.42. The minimum atomic E-state index is -0.816. The number of carbonyl (C=O) groups is 1. The standard InChI is InChI=1S/C15H25NO5/c1-9(17)4-5-10-7-11-12(15(10)20)8-13(11)16-21-6-2-3-14(18)19/h9-10,12,15-17,20H,2-8H2,1H3,(H,18,19). The van der Waals surface area contributed by atoms with Crippen LogP contribution in [0, 0.1) is 11.8 Å². The first-order valence-electron chi connectivity index (χ1n) is 7.66. The molecule has 0 spiro atoms. The third-order valence-corrected chi connectivity index (χ3v) is 4.42. The summed E-state index contributed by atoms with van der Waals surface area (Å²) in [5, 5.41) is 28.1. The normalized spacial score (nSPS) is 29.0. The maximum Gasteiger partial charge on any atom is 0.303 e. The molecule has 4 atom stereocenters. The Morgan fingerprint density at radius 3 is 2.90 bits per heavy atom. The molecule has 120 valence electrons. The molecule has 0 aromatic heterocycles. The number of hydrogen-bond acceptors (Lipinski definition) is 5. The van der Waals surface area contributed by atoms with Gasteiger partial charge in [-0.3, -0.25) is 15.1 Å². The summed E-state index contributed by atoms with van der Waals surface area (Å²) in [6.45, 7) is 2.13. The molecule has 4 unspecified atom stereocenters. The molecule has 0 bridgehead atoms. The first kappa shape index (κ1) is 16.3. The summed E-state index contributed by atoms with van der Waals surface area (Å²) in [6.07, 6.45) is 3.17. The van der Waals surface area contributed by atoms with E-state index in [9.17, 15) is 15.0 Å². The Labute approximate surface area is 124 Å². The van der Waals surface area contributed by atoms with Crippen molar-refractivity contribution in [2.24, 2.45) is 11.8 Å². The van der Waals surface area contributed by atoms with E-state index in [1.165, 1.54) is 5.57 Å². The smallest absolute Gasteiger partial charge is 0.303 e. The van der Waals surface area contributed by atoms with Crippen molar-refractivity contribution in [1.82, 2.24) is 5.48 Å². The number of hydrogen-bond donors (Lipinski definition) is 4. The fraction of sp³-hybridized carbons (Fsp3) is 0.800. The SMILES string of the molecule is CC(O)CCC1CC2=C(NOCCCC(=O)O)CC2C1O. The Balaban J connectivity index is 1.72. The van der Waals surface area contributed by atoms with Crippen LogP contribution in [0.1, 0.15) is 45.4 Å². The second-order valence-electron chi connectivity index (χ2n) is 6.14. The zero-order chi connectivity index (χ0) is 15.4. The largest absolute Gasteiger partial charge is 0.481 e.